The molecule has 0 aromatic heterocycles. The fourth-order valence-corrected chi connectivity index (χ4v) is 2.62. The monoisotopic (exact) mass is 336 g/mol. The average molecular weight is 336 g/mol. The van der Waals surface area contributed by atoms with Crippen LogP contribution in [0.4, 0.5) is 4.79 Å². The maximum absolute atomic E-state index is 11.9. The Kier molecular flexibility index (Phi) is 4.79. The highest BCUT2D eigenvalue weighted by Crippen LogP contribution is 2.20. The van der Waals surface area contributed by atoms with Crippen molar-refractivity contribution in [3.8, 4) is 0 Å². The van der Waals surface area contributed by atoms with E-state index in [1.54, 1.807) is 11.0 Å². The molecule has 4 aliphatic heterocycles. The Balaban J connectivity index is 0.000000170. The Morgan fingerprint density at radius 2 is 1.64 bits per heavy atom. The average Bonchev–Trinajstić information content (AvgIpc) is 3.20. The molecular formula is C17H22B2N4O2. The Hall–Kier alpha value is -2.76. The Morgan fingerprint density at radius 3 is 2.36 bits per heavy atom. The van der Waals surface area contributed by atoms with Gasteiger partial charge in [-0.1, -0.05) is 24.1 Å². The second-order valence-corrected chi connectivity index (χ2v) is 6.87. The summed E-state index contributed by atoms with van der Waals surface area (Å²) in [6, 6.07) is 0. The molecule has 25 heavy (non-hydrogen) atoms. The molecule has 8 heteroatoms. The minimum atomic E-state index is -0.466. The van der Waals surface area contributed by atoms with Gasteiger partial charge in [-0.15, -0.1) is 0 Å². The summed E-state index contributed by atoms with van der Waals surface area (Å²) in [6.45, 7) is 5.87. The highest BCUT2D eigenvalue weighted by Gasteiger charge is 2.36. The molecule has 0 aromatic rings. The standard InChI is InChI=1S/C11H15BN2O2.C6H7BN2/c1-11(2,3)16-10(15)14-9-8-13-7-5-4-6-12(13)14;1-2-5-9-6-4-8-7(9)3-1/h4-9H,1-3H3;1-6,8H. The van der Waals surface area contributed by atoms with Crippen LogP contribution in [0.25, 0.3) is 0 Å². The fourth-order valence-electron chi connectivity index (χ4n) is 2.62. The number of ether oxygens (including phenoxy) is 1. The van der Waals surface area contributed by atoms with Crippen LogP contribution in [0.2, 0.25) is 0 Å². The van der Waals surface area contributed by atoms with Crippen molar-refractivity contribution in [3.63, 3.8) is 0 Å². The molecule has 1 amide bonds. The van der Waals surface area contributed by atoms with Gasteiger partial charge >= 0.3 is 20.1 Å². The van der Waals surface area contributed by atoms with Gasteiger partial charge in [-0.2, -0.15) is 0 Å². The zero-order valence-corrected chi connectivity index (χ0v) is 14.7. The molecule has 0 spiro atoms. The smallest absolute Gasteiger partial charge is 0.416 e. The molecule has 0 saturated carbocycles. The van der Waals surface area contributed by atoms with Crippen molar-refractivity contribution in [1.29, 1.82) is 0 Å². The van der Waals surface area contributed by atoms with E-state index in [2.05, 4.69) is 16.0 Å². The first-order chi connectivity index (χ1) is 11.9. The molecular weight excluding hydrogens is 314 g/mol. The number of nitrogens with one attached hydrogen (secondary N) is 1. The molecule has 0 aromatic carbocycles. The number of hydrogen-bond acceptors (Lipinski definition) is 5. The third-order valence-corrected chi connectivity index (χ3v) is 3.74. The van der Waals surface area contributed by atoms with Gasteiger partial charge in [0.05, 0.1) is 0 Å². The summed E-state index contributed by atoms with van der Waals surface area (Å²) < 4.78 is 5.32. The van der Waals surface area contributed by atoms with E-state index in [1.807, 2.05) is 86.9 Å². The highest BCUT2D eigenvalue weighted by atomic mass is 16.6. The topological polar surface area (TPSA) is 48.1 Å². The van der Waals surface area contributed by atoms with E-state index in [0.717, 1.165) is 0 Å². The predicted octanol–water partition coefficient (Wildman–Crippen LogP) is 2.59. The molecule has 0 saturated heterocycles. The van der Waals surface area contributed by atoms with Gasteiger partial charge in [-0.05, 0) is 45.3 Å². The second kappa shape index (κ2) is 7.01. The van der Waals surface area contributed by atoms with Gasteiger partial charge in [-0.25, -0.2) is 4.79 Å². The second-order valence-electron chi connectivity index (χ2n) is 6.87. The first-order valence-electron chi connectivity index (χ1n) is 8.31. The maximum Gasteiger partial charge on any atom is 0.416 e. The summed E-state index contributed by atoms with van der Waals surface area (Å²) in [5.74, 6) is 4.06. The van der Waals surface area contributed by atoms with Crippen molar-refractivity contribution in [2.24, 2.45) is 0 Å². The van der Waals surface area contributed by atoms with E-state index in [-0.39, 0.29) is 13.1 Å². The number of carbonyl (C=O) groups is 1. The molecule has 128 valence electrons. The van der Waals surface area contributed by atoms with E-state index >= 15 is 0 Å². The number of allylic oxidation sites excluding steroid dienone is 4. The maximum atomic E-state index is 11.9. The molecule has 4 aliphatic rings. The lowest BCUT2D eigenvalue weighted by atomic mass is 9.72. The van der Waals surface area contributed by atoms with Crippen LogP contribution in [0.5, 0.6) is 0 Å². The number of fused-ring (bicyclic) bond motifs is 2. The third kappa shape index (κ3) is 4.21. The van der Waals surface area contributed by atoms with Gasteiger partial charge in [-0.3, -0.25) is 0 Å². The molecule has 0 atom stereocenters. The number of hydrogen-bond donors (Lipinski definition) is 1. The van der Waals surface area contributed by atoms with Crippen LogP contribution >= 0.6 is 0 Å². The van der Waals surface area contributed by atoms with Gasteiger partial charge in [0.2, 0.25) is 0 Å². The summed E-state index contributed by atoms with van der Waals surface area (Å²) in [7, 11) is 0. The van der Waals surface area contributed by atoms with Crippen molar-refractivity contribution in [2.75, 3.05) is 0 Å². The van der Waals surface area contributed by atoms with Crippen LogP contribution in [0.15, 0.2) is 73.5 Å². The SMILES string of the molecule is C1=CB2NC=CN2C=C1.CC(C)(C)OC(=O)N1C=CN2C=CC=CB21. The zero-order chi connectivity index (χ0) is 17.9. The van der Waals surface area contributed by atoms with E-state index in [0.29, 0.717) is 6.98 Å². The minimum absolute atomic E-state index is 0.0835. The fraction of sp³-hybridized carbons (Fsp3) is 0.235. The minimum Gasteiger partial charge on any atom is -0.444 e. The molecule has 4 heterocycles. The third-order valence-electron chi connectivity index (χ3n) is 3.74. The van der Waals surface area contributed by atoms with Crippen molar-refractivity contribution in [2.45, 2.75) is 26.4 Å². The van der Waals surface area contributed by atoms with Crippen molar-refractivity contribution >= 4 is 20.1 Å². The predicted molar refractivity (Wildman–Crippen MR) is 101 cm³/mol. The van der Waals surface area contributed by atoms with Crippen LogP contribution in [0.1, 0.15) is 20.8 Å². The highest BCUT2D eigenvalue weighted by molar-refractivity contribution is 6.63. The van der Waals surface area contributed by atoms with Crippen LogP contribution < -0.4 is 5.23 Å². The van der Waals surface area contributed by atoms with Crippen molar-refractivity contribution in [3.05, 3.63) is 73.5 Å². The largest absolute Gasteiger partial charge is 0.444 e. The molecule has 0 aliphatic carbocycles. The van der Waals surface area contributed by atoms with Gasteiger partial charge < -0.3 is 24.4 Å². The summed E-state index contributed by atoms with van der Waals surface area (Å²) >= 11 is 0. The lowest BCUT2D eigenvalue weighted by Gasteiger charge is -2.27. The molecule has 6 nitrogen and oxygen atoms in total. The van der Waals surface area contributed by atoms with Crippen LogP contribution in [-0.2, 0) is 4.74 Å². The van der Waals surface area contributed by atoms with Crippen LogP contribution in [0, 0.1) is 0 Å². The lowest BCUT2D eigenvalue weighted by Crippen LogP contribution is -2.45. The quantitative estimate of drug-likeness (QED) is 0.689. The summed E-state index contributed by atoms with van der Waals surface area (Å²) in [5.41, 5.74) is -0.466. The summed E-state index contributed by atoms with van der Waals surface area (Å²) in [4.78, 5) is 17.5. The van der Waals surface area contributed by atoms with Crippen molar-refractivity contribution < 1.29 is 9.53 Å². The summed E-state index contributed by atoms with van der Waals surface area (Å²) in [5, 5.41) is 3.17. The number of amides is 1. The Labute approximate surface area is 149 Å². The zero-order valence-electron chi connectivity index (χ0n) is 14.7. The van der Waals surface area contributed by atoms with Gasteiger partial charge in [0.25, 0.3) is 0 Å². The normalized spacial score (nSPS) is 18.9. The van der Waals surface area contributed by atoms with Gasteiger partial charge in [0.15, 0.2) is 0 Å². The summed E-state index contributed by atoms with van der Waals surface area (Å²) in [6.07, 6.45) is 19.1. The van der Waals surface area contributed by atoms with Gasteiger partial charge in [0.1, 0.15) is 5.60 Å². The first-order valence-corrected chi connectivity index (χ1v) is 8.31. The molecule has 1 N–H and O–H groups in total. The molecule has 0 unspecified atom stereocenters. The van der Waals surface area contributed by atoms with E-state index in [9.17, 15) is 4.79 Å². The first kappa shape index (κ1) is 17.1. The molecule has 0 fully saturated rings. The van der Waals surface area contributed by atoms with Crippen molar-refractivity contribution in [1.82, 2.24) is 19.7 Å². The molecule has 0 radical (unpaired) electrons. The van der Waals surface area contributed by atoms with E-state index < -0.39 is 5.60 Å². The van der Waals surface area contributed by atoms with Crippen LogP contribution in [-0.4, -0.2) is 40.1 Å². The molecule has 4 rings (SSSR count). The Bertz CT molecular complexity index is 691. The number of carbonyl (C=O) groups excluding carboxylic acids is 1. The molecule has 0 bridgehead atoms. The Morgan fingerprint density at radius 1 is 0.920 bits per heavy atom. The van der Waals surface area contributed by atoms with Gasteiger partial charge in [0, 0.05) is 24.8 Å². The lowest BCUT2D eigenvalue weighted by molar-refractivity contribution is 0.0436. The number of rotatable bonds is 0. The van der Waals surface area contributed by atoms with E-state index in [1.165, 1.54) is 0 Å². The van der Waals surface area contributed by atoms with E-state index in [4.69, 9.17) is 4.74 Å². The number of nitrogens with zero attached hydrogens (tertiary/aromatic N) is 3. The van der Waals surface area contributed by atoms with Crippen LogP contribution in [0.3, 0.4) is 0 Å².